The Hall–Kier alpha value is -2.26. The van der Waals surface area contributed by atoms with Crippen LogP contribution in [0.2, 0.25) is 5.02 Å². The summed E-state index contributed by atoms with van der Waals surface area (Å²) in [5.74, 6) is -0.109. The summed E-state index contributed by atoms with van der Waals surface area (Å²) in [6, 6.07) is 13.3. The van der Waals surface area contributed by atoms with Crippen molar-refractivity contribution in [3.63, 3.8) is 0 Å². The zero-order valence-corrected chi connectivity index (χ0v) is 11.7. The average Bonchev–Trinajstić information content (AvgIpc) is 2.74. The first-order valence-electron chi connectivity index (χ1n) is 6.29. The van der Waals surface area contributed by atoms with Crippen LogP contribution in [0.25, 0.3) is 5.57 Å². The normalized spacial score (nSPS) is 15.1. The van der Waals surface area contributed by atoms with Crippen LogP contribution < -0.4 is 10.6 Å². The average molecular weight is 285 g/mol. The van der Waals surface area contributed by atoms with Crippen LogP contribution in [0.3, 0.4) is 0 Å². The highest BCUT2D eigenvalue weighted by atomic mass is 35.5. The van der Waals surface area contributed by atoms with Gasteiger partial charge in [0.1, 0.15) is 0 Å². The van der Waals surface area contributed by atoms with Gasteiger partial charge in [-0.3, -0.25) is 4.79 Å². The third-order valence-corrected chi connectivity index (χ3v) is 3.52. The quantitative estimate of drug-likeness (QED) is 0.817. The van der Waals surface area contributed by atoms with Gasteiger partial charge in [0.2, 0.25) is 0 Å². The van der Waals surface area contributed by atoms with Crippen LogP contribution >= 0.6 is 11.6 Å². The molecule has 1 heterocycles. The molecule has 0 atom stereocenters. The molecule has 0 saturated carbocycles. The van der Waals surface area contributed by atoms with E-state index in [0.29, 0.717) is 10.6 Å². The molecule has 0 radical (unpaired) electrons. The van der Waals surface area contributed by atoms with Crippen molar-refractivity contribution < 1.29 is 4.79 Å². The van der Waals surface area contributed by atoms with E-state index in [1.807, 2.05) is 49.4 Å². The monoisotopic (exact) mass is 284 g/mol. The van der Waals surface area contributed by atoms with Crippen molar-refractivity contribution in [2.24, 2.45) is 0 Å². The molecule has 0 unspecified atom stereocenters. The first kappa shape index (κ1) is 12.8. The van der Waals surface area contributed by atoms with Gasteiger partial charge in [-0.2, -0.15) is 0 Å². The molecule has 1 aliphatic heterocycles. The minimum absolute atomic E-state index is 0.109. The van der Waals surface area contributed by atoms with Crippen LogP contribution in [0.1, 0.15) is 11.1 Å². The predicted octanol–water partition coefficient (Wildman–Crippen LogP) is 4.05. The number of hydrogen-bond acceptors (Lipinski definition) is 2. The molecule has 1 amide bonds. The Labute approximate surface area is 122 Å². The Morgan fingerprint density at radius 2 is 2.00 bits per heavy atom. The molecule has 1 aliphatic rings. The van der Waals surface area contributed by atoms with Gasteiger partial charge in [0.15, 0.2) is 0 Å². The van der Waals surface area contributed by atoms with Gasteiger partial charge in [0, 0.05) is 17.5 Å². The maximum absolute atomic E-state index is 11.9. The summed E-state index contributed by atoms with van der Waals surface area (Å²) in [6.45, 7) is 1.98. The van der Waals surface area contributed by atoms with Crippen LogP contribution in [0, 0.1) is 6.92 Å². The first-order valence-corrected chi connectivity index (χ1v) is 6.66. The Bertz CT molecular complexity index is 722. The number of anilines is 2. The number of amides is 1. The number of halogens is 1. The topological polar surface area (TPSA) is 41.1 Å². The summed E-state index contributed by atoms with van der Waals surface area (Å²) in [6.07, 6.45) is 1.69. The van der Waals surface area contributed by atoms with Gasteiger partial charge in [0.05, 0.1) is 16.3 Å². The zero-order valence-electron chi connectivity index (χ0n) is 10.9. The van der Waals surface area contributed by atoms with Gasteiger partial charge in [-0.25, -0.2) is 0 Å². The van der Waals surface area contributed by atoms with Crippen LogP contribution in [-0.2, 0) is 4.79 Å². The van der Waals surface area contributed by atoms with Crippen molar-refractivity contribution in [1.29, 1.82) is 0 Å². The van der Waals surface area contributed by atoms with E-state index in [4.69, 9.17) is 11.6 Å². The van der Waals surface area contributed by atoms with E-state index in [1.54, 1.807) is 6.20 Å². The molecule has 2 N–H and O–H groups in total. The number of para-hydroxylation sites is 1. The number of benzene rings is 2. The molecule has 0 fully saturated rings. The Morgan fingerprint density at radius 3 is 2.80 bits per heavy atom. The predicted molar refractivity (Wildman–Crippen MR) is 82.9 cm³/mol. The van der Waals surface area contributed by atoms with Gasteiger partial charge >= 0.3 is 0 Å². The number of carbonyl (C=O) groups excluding carboxylic acids is 1. The van der Waals surface area contributed by atoms with Crippen molar-refractivity contribution >= 4 is 34.5 Å². The molecule has 0 spiro atoms. The molecular weight excluding hydrogens is 272 g/mol. The van der Waals surface area contributed by atoms with Gasteiger partial charge < -0.3 is 10.6 Å². The molecule has 0 aromatic heterocycles. The Kier molecular flexibility index (Phi) is 3.20. The number of carbonyl (C=O) groups is 1. The largest absolute Gasteiger partial charge is 0.360 e. The summed E-state index contributed by atoms with van der Waals surface area (Å²) < 4.78 is 0. The van der Waals surface area contributed by atoms with Crippen molar-refractivity contribution in [2.75, 3.05) is 10.6 Å². The number of hydrogen-bond donors (Lipinski definition) is 2. The highest BCUT2D eigenvalue weighted by Crippen LogP contribution is 2.31. The van der Waals surface area contributed by atoms with E-state index in [9.17, 15) is 4.79 Å². The first-order chi connectivity index (χ1) is 9.65. The van der Waals surface area contributed by atoms with E-state index >= 15 is 0 Å². The standard InChI is InChI=1S/C16H13ClN2O/c1-10-6-7-15(13(17)8-10)18-9-12-11-4-2-3-5-14(11)19-16(12)20/h2-9,18H,1H3,(H,19,20)/b12-9-. The molecular formula is C16H13ClN2O. The van der Waals surface area contributed by atoms with Gasteiger partial charge in [-0.15, -0.1) is 0 Å². The van der Waals surface area contributed by atoms with Crippen molar-refractivity contribution in [1.82, 2.24) is 0 Å². The van der Waals surface area contributed by atoms with E-state index in [1.165, 1.54) is 0 Å². The lowest BCUT2D eigenvalue weighted by Gasteiger charge is -2.05. The lowest BCUT2D eigenvalue weighted by atomic mass is 10.1. The maximum Gasteiger partial charge on any atom is 0.257 e. The van der Waals surface area contributed by atoms with Crippen molar-refractivity contribution in [3.8, 4) is 0 Å². The zero-order chi connectivity index (χ0) is 14.1. The Balaban J connectivity index is 1.91. The Morgan fingerprint density at radius 1 is 1.20 bits per heavy atom. The minimum atomic E-state index is -0.109. The molecule has 3 rings (SSSR count). The van der Waals surface area contributed by atoms with Crippen LogP contribution in [-0.4, -0.2) is 5.91 Å². The number of aryl methyl sites for hydroxylation is 1. The fourth-order valence-corrected chi connectivity index (χ4v) is 2.46. The summed E-state index contributed by atoms with van der Waals surface area (Å²) in [5.41, 5.74) is 4.21. The van der Waals surface area contributed by atoms with Crippen molar-refractivity contribution in [2.45, 2.75) is 6.92 Å². The lowest BCUT2D eigenvalue weighted by Crippen LogP contribution is -2.05. The summed E-state index contributed by atoms with van der Waals surface area (Å²) in [7, 11) is 0. The van der Waals surface area contributed by atoms with E-state index in [-0.39, 0.29) is 5.91 Å². The number of fused-ring (bicyclic) bond motifs is 1. The number of rotatable bonds is 2. The van der Waals surface area contributed by atoms with Crippen LogP contribution in [0.4, 0.5) is 11.4 Å². The van der Waals surface area contributed by atoms with Gasteiger partial charge in [-0.1, -0.05) is 35.9 Å². The molecule has 2 aromatic carbocycles. The molecule has 3 nitrogen and oxygen atoms in total. The SMILES string of the molecule is Cc1ccc(N/C=C2\C(=O)Nc3ccccc32)c(Cl)c1. The minimum Gasteiger partial charge on any atom is -0.360 e. The molecule has 0 bridgehead atoms. The van der Waals surface area contributed by atoms with Gasteiger partial charge in [-0.05, 0) is 30.7 Å². The second-order valence-electron chi connectivity index (χ2n) is 4.69. The van der Waals surface area contributed by atoms with Crippen LogP contribution in [0.15, 0.2) is 48.7 Å². The molecule has 4 heteroatoms. The summed E-state index contributed by atoms with van der Waals surface area (Å²) in [4.78, 5) is 11.9. The van der Waals surface area contributed by atoms with E-state index in [0.717, 1.165) is 22.5 Å². The molecule has 0 aliphatic carbocycles. The lowest BCUT2D eigenvalue weighted by molar-refractivity contribution is -0.110. The van der Waals surface area contributed by atoms with Crippen LogP contribution in [0.5, 0.6) is 0 Å². The van der Waals surface area contributed by atoms with E-state index in [2.05, 4.69) is 10.6 Å². The second kappa shape index (κ2) is 5.02. The fraction of sp³-hybridized carbons (Fsp3) is 0.0625. The third kappa shape index (κ3) is 2.28. The molecule has 100 valence electrons. The molecule has 20 heavy (non-hydrogen) atoms. The smallest absolute Gasteiger partial charge is 0.257 e. The third-order valence-electron chi connectivity index (χ3n) is 3.21. The summed E-state index contributed by atoms with van der Waals surface area (Å²) >= 11 is 6.16. The highest BCUT2D eigenvalue weighted by Gasteiger charge is 2.23. The number of nitrogens with one attached hydrogen (secondary N) is 2. The highest BCUT2D eigenvalue weighted by molar-refractivity contribution is 6.34. The van der Waals surface area contributed by atoms with Crippen molar-refractivity contribution in [3.05, 3.63) is 64.8 Å². The molecule has 0 saturated heterocycles. The molecule has 2 aromatic rings. The second-order valence-corrected chi connectivity index (χ2v) is 5.09. The van der Waals surface area contributed by atoms with E-state index < -0.39 is 0 Å². The van der Waals surface area contributed by atoms with Gasteiger partial charge in [0.25, 0.3) is 5.91 Å². The fourth-order valence-electron chi connectivity index (χ4n) is 2.17. The maximum atomic E-state index is 11.9. The summed E-state index contributed by atoms with van der Waals surface area (Å²) in [5, 5.41) is 6.56.